The Morgan fingerprint density at radius 1 is 1.12 bits per heavy atom. The van der Waals surface area contributed by atoms with Gasteiger partial charge in [-0.2, -0.15) is 0 Å². The van der Waals surface area contributed by atoms with Crippen LogP contribution in [0.1, 0.15) is 37.2 Å². The first kappa shape index (κ1) is 10.7. The topological polar surface area (TPSA) is 12.0 Å². The van der Waals surface area contributed by atoms with Crippen molar-refractivity contribution in [2.45, 2.75) is 36.5 Å². The van der Waals surface area contributed by atoms with Gasteiger partial charge in [0.15, 0.2) is 0 Å². The Kier molecular flexibility index (Phi) is 2.95. The van der Waals surface area contributed by atoms with Gasteiger partial charge in [0, 0.05) is 12.3 Å². The summed E-state index contributed by atoms with van der Waals surface area (Å²) in [5.41, 5.74) is 1.54. The van der Waals surface area contributed by atoms with Gasteiger partial charge in [-0.05, 0) is 37.2 Å². The van der Waals surface area contributed by atoms with Crippen LogP contribution >= 0.6 is 11.8 Å². The minimum absolute atomic E-state index is 0.450. The third-order valence-corrected chi connectivity index (χ3v) is 5.51. The zero-order valence-corrected chi connectivity index (χ0v) is 10.4. The van der Waals surface area contributed by atoms with Crippen LogP contribution in [0.4, 0.5) is 0 Å². The molecule has 1 saturated carbocycles. The Balaban J connectivity index is 1.66. The average Bonchev–Trinajstić information content (AvgIpc) is 2.80. The molecule has 16 heavy (non-hydrogen) atoms. The standard InChI is InChI=1S/C14H19NS/c1-2-4-12(5-3-1)13-6-8-14(9-7-13)15-10-11-16-14/h1-5,13,15H,6-11H2. The highest BCUT2D eigenvalue weighted by Crippen LogP contribution is 2.45. The molecule has 1 spiro atoms. The maximum atomic E-state index is 3.71. The van der Waals surface area contributed by atoms with Gasteiger partial charge in [0.05, 0.1) is 4.87 Å². The van der Waals surface area contributed by atoms with Crippen LogP contribution in [0.15, 0.2) is 30.3 Å². The molecule has 0 atom stereocenters. The lowest BCUT2D eigenvalue weighted by molar-refractivity contribution is 0.327. The molecule has 2 heteroatoms. The molecule has 1 N–H and O–H groups in total. The molecule has 1 aromatic carbocycles. The van der Waals surface area contributed by atoms with Gasteiger partial charge < -0.3 is 5.32 Å². The van der Waals surface area contributed by atoms with E-state index in [4.69, 9.17) is 0 Å². The molecular weight excluding hydrogens is 214 g/mol. The fraction of sp³-hybridized carbons (Fsp3) is 0.571. The third-order valence-electron chi connectivity index (χ3n) is 3.99. The van der Waals surface area contributed by atoms with Gasteiger partial charge in [-0.15, -0.1) is 11.8 Å². The third kappa shape index (κ3) is 2.01. The highest BCUT2D eigenvalue weighted by Gasteiger charge is 2.38. The molecule has 3 rings (SSSR count). The number of thioether (sulfide) groups is 1. The summed E-state index contributed by atoms with van der Waals surface area (Å²) in [5.74, 6) is 2.10. The normalized spacial score (nSPS) is 34.4. The minimum atomic E-state index is 0.450. The molecule has 0 bridgehead atoms. The lowest BCUT2D eigenvalue weighted by atomic mass is 9.81. The fourth-order valence-electron chi connectivity index (χ4n) is 3.04. The molecule has 86 valence electrons. The van der Waals surface area contributed by atoms with E-state index in [0.717, 1.165) is 5.92 Å². The van der Waals surface area contributed by atoms with Gasteiger partial charge in [0.1, 0.15) is 0 Å². The van der Waals surface area contributed by atoms with Gasteiger partial charge in [0.25, 0.3) is 0 Å². The van der Waals surface area contributed by atoms with Gasteiger partial charge in [-0.3, -0.25) is 0 Å². The van der Waals surface area contributed by atoms with E-state index < -0.39 is 0 Å². The number of hydrogen-bond acceptors (Lipinski definition) is 2. The van der Waals surface area contributed by atoms with Crippen LogP contribution in [-0.4, -0.2) is 17.2 Å². The van der Waals surface area contributed by atoms with Gasteiger partial charge >= 0.3 is 0 Å². The van der Waals surface area contributed by atoms with Crippen LogP contribution in [-0.2, 0) is 0 Å². The molecule has 1 nitrogen and oxygen atoms in total. The lowest BCUT2D eigenvalue weighted by Crippen LogP contribution is -2.40. The first-order chi connectivity index (χ1) is 7.88. The van der Waals surface area contributed by atoms with Crippen molar-refractivity contribution in [3.8, 4) is 0 Å². The average molecular weight is 233 g/mol. The molecule has 0 radical (unpaired) electrons. The summed E-state index contributed by atoms with van der Waals surface area (Å²) in [5, 5.41) is 3.71. The Hall–Kier alpha value is -0.470. The quantitative estimate of drug-likeness (QED) is 0.798. The van der Waals surface area contributed by atoms with E-state index in [1.54, 1.807) is 5.56 Å². The zero-order valence-electron chi connectivity index (χ0n) is 9.61. The second kappa shape index (κ2) is 4.42. The summed E-state index contributed by atoms with van der Waals surface area (Å²) in [6, 6.07) is 11.0. The van der Waals surface area contributed by atoms with E-state index in [-0.39, 0.29) is 0 Å². The van der Waals surface area contributed by atoms with Crippen LogP contribution in [0.2, 0.25) is 0 Å². The van der Waals surface area contributed by atoms with E-state index in [0.29, 0.717) is 4.87 Å². The van der Waals surface area contributed by atoms with Crippen molar-refractivity contribution in [2.24, 2.45) is 0 Å². The molecule has 0 unspecified atom stereocenters. The predicted octanol–water partition coefficient (Wildman–Crippen LogP) is 3.38. The number of nitrogens with one attached hydrogen (secondary N) is 1. The summed E-state index contributed by atoms with van der Waals surface area (Å²) in [7, 11) is 0. The summed E-state index contributed by atoms with van der Waals surface area (Å²) >= 11 is 2.15. The molecule has 1 aliphatic carbocycles. The van der Waals surface area contributed by atoms with Crippen molar-refractivity contribution < 1.29 is 0 Å². The first-order valence-corrected chi connectivity index (χ1v) is 7.30. The smallest absolute Gasteiger partial charge is 0.0646 e. The molecule has 0 amide bonds. The summed E-state index contributed by atoms with van der Waals surface area (Å²) in [6.07, 6.45) is 5.39. The Morgan fingerprint density at radius 2 is 1.88 bits per heavy atom. The molecule has 2 aliphatic rings. The second-order valence-electron chi connectivity index (χ2n) is 4.95. The minimum Gasteiger partial charge on any atom is -0.302 e. The van der Waals surface area contributed by atoms with Crippen molar-refractivity contribution in [3.63, 3.8) is 0 Å². The van der Waals surface area contributed by atoms with E-state index in [1.807, 2.05) is 0 Å². The van der Waals surface area contributed by atoms with Crippen molar-refractivity contribution in [2.75, 3.05) is 12.3 Å². The monoisotopic (exact) mass is 233 g/mol. The van der Waals surface area contributed by atoms with Crippen LogP contribution in [0, 0.1) is 0 Å². The summed E-state index contributed by atoms with van der Waals surface area (Å²) in [6.45, 7) is 1.21. The van der Waals surface area contributed by atoms with Gasteiger partial charge in [-0.1, -0.05) is 30.3 Å². The van der Waals surface area contributed by atoms with Crippen molar-refractivity contribution >= 4 is 11.8 Å². The highest BCUT2D eigenvalue weighted by atomic mass is 32.2. The van der Waals surface area contributed by atoms with Crippen LogP contribution in [0.5, 0.6) is 0 Å². The summed E-state index contributed by atoms with van der Waals surface area (Å²) < 4.78 is 0. The predicted molar refractivity (Wildman–Crippen MR) is 70.8 cm³/mol. The van der Waals surface area contributed by atoms with E-state index >= 15 is 0 Å². The first-order valence-electron chi connectivity index (χ1n) is 6.32. The summed E-state index contributed by atoms with van der Waals surface area (Å²) in [4.78, 5) is 0.450. The molecule has 0 aromatic heterocycles. The highest BCUT2D eigenvalue weighted by molar-refractivity contribution is 8.00. The Labute approximate surface area is 102 Å². The lowest BCUT2D eigenvalue weighted by Gasteiger charge is -2.36. The molecule has 1 heterocycles. The maximum absolute atomic E-state index is 3.71. The molecule has 2 fully saturated rings. The van der Waals surface area contributed by atoms with E-state index in [2.05, 4.69) is 47.4 Å². The van der Waals surface area contributed by atoms with E-state index in [1.165, 1.54) is 38.0 Å². The van der Waals surface area contributed by atoms with E-state index in [9.17, 15) is 0 Å². The zero-order chi connectivity index (χ0) is 10.8. The Bertz CT molecular complexity index is 333. The number of benzene rings is 1. The molecule has 1 saturated heterocycles. The molecule has 1 aromatic rings. The number of hydrogen-bond donors (Lipinski definition) is 1. The fourth-order valence-corrected chi connectivity index (χ4v) is 4.36. The van der Waals surface area contributed by atoms with Gasteiger partial charge in [0.2, 0.25) is 0 Å². The largest absolute Gasteiger partial charge is 0.302 e. The van der Waals surface area contributed by atoms with Crippen molar-refractivity contribution in [1.29, 1.82) is 0 Å². The van der Waals surface area contributed by atoms with Crippen LogP contribution < -0.4 is 5.32 Å². The van der Waals surface area contributed by atoms with Crippen molar-refractivity contribution in [3.05, 3.63) is 35.9 Å². The molecule has 1 aliphatic heterocycles. The van der Waals surface area contributed by atoms with Crippen LogP contribution in [0.25, 0.3) is 0 Å². The number of rotatable bonds is 1. The SMILES string of the molecule is c1ccc(C2CCC3(CC2)NCCS3)cc1. The van der Waals surface area contributed by atoms with Crippen molar-refractivity contribution in [1.82, 2.24) is 5.32 Å². The maximum Gasteiger partial charge on any atom is 0.0646 e. The molecular formula is C14H19NS. The second-order valence-corrected chi connectivity index (χ2v) is 6.43. The van der Waals surface area contributed by atoms with Gasteiger partial charge in [-0.25, -0.2) is 0 Å². The van der Waals surface area contributed by atoms with Crippen LogP contribution in [0.3, 0.4) is 0 Å². The Morgan fingerprint density at radius 3 is 2.50 bits per heavy atom.